The summed E-state index contributed by atoms with van der Waals surface area (Å²) in [6, 6.07) is 17.5. The highest BCUT2D eigenvalue weighted by atomic mass is 16.5. The van der Waals surface area contributed by atoms with Crippen molar-refractivity contribution in [3.63, 3.8) is 0 Å². The number of para-hydroxylation sites is 3. The van der Waals surface area contributed by atoms with E-state index in [1.807, 2.05) is 53.1 Å². The highest BCUT2D eigenvalue weighted by molar-refractivity contribution is 5.75. The molecule has 0 bridgehead atoms. The molecule has 0 amide bonds. The third-order valence-corrected chi connectivity index (χ3v) is 4.79. The van der Waals surface area contributed by atoms with Crippen LogP contribution in [0.5, 0.6) is 5.75 Å². The number of aromatic nitrogens is 2. The molecule has 0 aliphatic heterocycles. The summed E-state index contributed by atoms with van der Waals surface area (Å²) in [5, 5.41) is 19.1. The first kappa shape index (κ1) is 19.2. The lowest BCUT2D eigenvalue weighted by Crippen LogP contribution is -2.31. The van der Waals surface area contributed by atoms with Gasteiger partial charge in [0.25, 0.3) is 0 Å². The molecule has 0 fully saturated rings. The zero-order chi connectivity index (χ0) is 19.1. The van der Waals surface area contributed by atoms with Crippen molar-refractivity contribution in [2.24, 2.45) is 0 Å². The van der Waals surface area contributed by atoms with Gasteiger partial charge in [-0.25, -0.2) is 0 Å². The van der Waals surface area contributed by atoms with Crippen LogP contribution in [0.3, 0.4) is 0 Å². The number of nitrogens with one attached hydrogen (secondary N) is 1. The second-order valence-corrected chi connectivity index (χ2v) is 6.91. The minimum atomic E-state index is -0.682. The molecular weight excluding hydrogens is 338 g/mol. The molecule has 144 valence electrons. The molecule has 1 atom stereocenters. The molecule has 0 aliphatic rings. The van der Waals surface area contributed by atoms with Crippen molar-refractivity contribution in [1.29, 1.82) is 5.41 Å². The molecule has 1 unspecified atom stereocenters. The van der Waals surface area contributed by atoms with Crippen LogP contribution >= 0.6 is 0 Å². The van der Waals surface area contributed by atoms with E-state index in [1.54, 1.807) is 0 Å². The maximum Gasteiger partial charge on any atom is 0.203 e. The lowest BCUT2D eigenvalue weighted by Gasteiger charge is -2.13. The van der Waals surface area contributed by atoms with E-state index < -0.39 is 6.10 Å². The van der Waals surface area contributed by atoms with Crippen LogP contribution in [0.4, 0.5) is 0 Å². The molecule has 0 saturated carbocycles. The number of hydrogen-bond donors (Lipinski definition) is 2. The topological polar surface area (TPSA) is 63.2 Å². The Hall–Kier alpha value is -2.53. The summed E-state index contributed by atoms with van der Waals surface area (Å²) in [5.74, 6) is 0.742. The summed E-state index contributed by atoms with van der Waals surface area (Å²) in [6.07, 6.45) is 3.99. The number of aliphatic hydroxyl groups excluding tert-OH is 1. The summed E-state index contributed by atoms with van der Waals surface area (Å²) in [4.78, 5) is 0. The number of benzene rings is 2. The number of hydrogen-bond acceptors (Lipinski definition) is 3. The molecule has 0 aliphatic carbocycles. The molecule has 0 saturated heterocycles. The minimum Gasteiger partial charge on any atom is -0.491 e. The van der Waals surface area contributed by atoms with E-state index >= 15 is 0 Å². The Balaban J connectivity index is 1.73. The standard InChI is InChI=1S/C22H29N3O2/c1-2-3-4-10-15-24-20-13-8-9-14-21(20)25(22(24)23)16-18(26)17-27-19-11-6-5-7-12-19/h5-9,11-14,18,23,26H,2-4,10,15-17H2,1H3. The third kappa shape index (κ3) is 4.80. The van der Waals surface area contributed by atoms with Crippen LogP contribution in [-0.2, 0) is 13.1 Å². The molecular formula is C22H29N3O2. The molecule has 0 radical (unpaired) electrons. The number of aryl methyl sites for hydroxylation is 1. The summed E-state index contributed by atoms with van der Waals surface area (Å²) >= 11 is 0. The average molecular weight is 367 g/mol. The van der Waals surface area contributed by atoms with Gasteiger partial charge in [0, 0.05) is 6.54 Å². The number of imidazole rings is 1. The number of aliphatic hydroxyl groups is 1. The van der Waals surface area contributed by atoms with Crippen molar-refractivity contribution < 1.29 is 9.84 Å². The van der Waals surface area contributed by atoms with E-state index in [4.69, 9.17) is 10.1 Å². The van der Waals surface area contributed by atoms with Crippen LogP contribution in [0.2, 0.25) is 0 Å². The first-order chi connectivity index (χ1) is 13.2. The molecule has 0 spiro atoms. The monoisotopic (exact) mass is 367 g/mol. The number of unbranched alkanes of at least 4 members (excludes halogenated alkanes) is 3. The van der Waals surface area contributed by atoms with Gasteiger partial charge in [0.05, 0.1) is 17.6 Å². The third-order valence-electron chi connectivity index (χ3n) is 4.79. The summed E-state index contributed by atoms with van der Waals surface area (Å²) < 4.78 is 9.59. The molecule has 2 N–H and O–H groups in total. The van der Waals surface area contributed by atoms with Gasteiger partial charge < -0.3 is 19.0 Å². The molecule has 5 nitrogen and oxygen atoms in total. The van der Waals surface area contributed by atoms with Gasteiger partial charge in [-0.3, -0.25) is 5.41 Å². The number of nitrogens with zero attached hydrogens (tertiary/aromatic N) is 2. The maximum atomic E-state index is 10.5. The van der Waals surface area contributed by atoms with E-state index in [0.717, 1.165) is 29.7 Å². The van der Waals surface area contributed by atoms with Crippen molar-refractivity contribution in [2.45, 2.75) is 51.8 Å². The van der Waals surface area contributed by atoms with E-state index in [-0.39, 0.29) is 6.61 Å². The van der Waals surface area contributed by atoms with Crippen LogP contribution in [0.15, 0.2) is 54.6 Å². The van der Waals surface area contributed by atoms with E-state index in [2.05, 4.69) is 17.6 Å². The highest BCUT2D eigenvalue weighted by Crippen LogP contribution is 2.15. The fraction of sp³-hybridized carbons (Fsp3) is 0.409. The lowest BCUT2D eigenvalue weighted by atomic mass is 10.2. The first-order valence-corrected chi connectivity index (χ1v) is 9.79. The SMILES string of the molecule is CCCCCCn1c(=N)n(CC(O)COc2ccccc2)c2ccccc21. The molecule has 5 heteroatoms. The predicted octanol–water partition coefficient (Wildman–Crippen LogP) is 3.94. The van der Waals surface area contributed by atoms with Gasteiger partial charge in [-0.2, -0.15) is 0 Å². The van der Waals surface area contributed by atoms with Crippen molar-refractivity contribution in [1.82, 2.24) is 9.13 Å². The lowest BCUT2D eigenvalue weighted by molar-refractivity contribution is 0.0921. The Kier molecular flexibility index (Phi) is 6.71. The molecule has 27 heavy (non-hydrogen) atoms. The Morgan fingerprint density at radius 3 is 2.30 bits per heavy atom. The van der Waals surface area contributed by atoms with Crippen molar-refractivity contribution in [3.8, 4) is 5.75 Å². The van der Waals surface area contributed by atoms with E-state index in [1.165, 1.54) is 19.3 Å². The maximum absolute atomic E-state index is 10.5. The fourth-order valence-corrected chi connectivity index (χ4v) is 3.38. The van der Waals surface area contributed by atoms with Crippen LogP contribution in [0, 0.1) is 5.41 Å². The Morgan fingerprint density at radius 1 is 0.926 bits per heavy atom. The Bertz CT molecular complexity index is 899. The largest absolute Gasteiger partial charge is 0.491 e. The van der Waals surface area contributed by atoms with Crippen LogP contribution in [0.1, 0.15) is 32.6 Å². The Morgan fingerprint density at radius 2 is 1.59 bits per heavy atom. The van der Waals surface area contributed by atoms with Gasteiger partial charge in [-0.15, -0.1) is 0 Å². The van der Waals surface area contributed by atoms with Gasteiger partial charge >= 0.3 is 0 Å². The van der Waals surface area contributed by atoms with Crippen molar-refractivity contribution in [2.75, 3.05) is 6.61 Å². The minimum absolute atomic E-state index is 0.201. The molecule has 3 rings (SSSR count). The van der Waals surface area contributed by atoms with Crippen LogP contribution < -0.4 is 10.4 Å². The smallest absolute Gasteiger partial charge is 0.203 e. The molecule has 2 aromatic carbocycles. The molecule has 3 aromatic rings. The second kappa shape index (κ2) is 9.42. The zero-order valence-electron chi connectivity index (χ0n) is 16.0. The molecule has 1 aromatic heterocycles. The summed E-state index contributed by atoms with van der Waals surface area (Å²) in [5.41, 5.74) is 2.47. The van der Waals surface area contributed by atoms with Gasteiger partial charge in [0.15, 0.2) is 0 Å². The second-order valence-electron chi connectivity index (χ2n) is 6.91. The zero-order valence-corrected chi connectivity index (χ0v) is 16.0. The first-order valence-electron chi connectivity index (χ1n) is 9.79. The normalized spacial score (nSPS) is 12.4. The van der Waals surface area contributed by atoms with E-state index in [9.17, 15) is 5.11 Å². The molecule has 1 heterocycles. The number of fused-ring (bicyclic) bond motifs is 1. The van der Waals surface area contributed by atoms with Gasteiger partial charge in [-0.05, 0) is 30.7 Å². The van der Waals surface area contributed by atoms with Crippen LogP contribution in [-0.4, -0.2) is 27.0 Å². The van der Waals surface area contributed by atoms with Crippen LogP contribution in [0.25, 0.3) is 11.0 Å². The Labute approximate surface area is 160 Å². The predicted molar refractivity (Wildman–Crippen MR) is 108 cm³/mol. The van der Waals surface area contributed by atoms with E-state index in [0.29, 0.717) is 12.2 Å². The van der Waals surface area contributed by atoms with Crippen molar-refractivity contribution in [3.05, 3.63) is 60.2 Å². The number of rotatable bonds is 10. The van der Waals surface area contributed by atoms with Gasteiger partial charge in [0.1, 0.15) is 18.5 Å². The van der Waals surface area contributed by atoms with Gasteiger partial charge in [0.2, 0.25) is 5.62 Å². The van der Waals surface area contributed by atoms with Gasteiger partial charge in [-0.1, -0.05) is 56.5 Å². The van der Waals surface area contributed by atoms with Crippen molar-refractivity contribution >= 4 is 11.0 Å². The highest BCUT2D eigenvalue weighted by Gasteiger charge is 2.14. The number of ether oxygens (including phenoxy) is 1. The fourth-order valence-electron chi connectivity index (χ4n) is 3.38. The summed E-state index contributed by atoms with van der Waals surface area (Å²) in [7, 11) is 0. The average Bonchev–Trinajstić information content (AvgIpc) is 2.96. The quantitative estimate of drug-likeness (QED) is 0.533. The summed E-state index contributed by atoms with van der Waals surface area (Å²) in [6.45, 7) is 3.58.